The van der Waals surface area contributed by atoms with Crippen LogP contribution in [0.25, 0.3) is 11.0 Å². The zero-order chi connectivity index (χ0) is 14.7. The van der Waals surface area contributed by atoms with E-state index in [1.807, 2.05) is 24.3 Å². The molecule has 6 nitrogen and oxygen atoms in total. The molecule has 0 spiro atoms. The Balaban J connectivity index is 1.62. The third-order valence-corrected chi connectivity index (χ3v) is 2.87. The minimum atomic E-state index is -0.364. The smallest absolute Gasteiger partial charge is 0.264 e. The van der Waals surface area contributed by atoms with Gasteiger partial charge in [0.05, 0.1) is 11.0 Å². The number of anilines is 1. The third kappa shape index (κ3) is 2.94. The van der Waals surface area contributed by atoms with Crippen molar-refractivity contribution >= 4 is 22.9 Å². The second kappa shape index (κ2) is 5.54. The first-order valence-corrected chi connectivity index (χ1v) is 6.38. The van der Waals surface area contributed by atoms with E-state index >= 15 is 0 Å². The van der Waals surface area contributed by atoms with E-state index in [0.29, 0.717) is 5.95 Å². The number of carbonyl (C=O) groups is 1. The largest absolute Gasteiger partial charge is 0.504 e. The van der Waals surface area contributed by atoms with Gasteiger partial charge in [-0.05, 0) is 24.3 Å². The number of carbonyl (C=O) groups excluding carboxylic acids is 1. The number of fused-ring (bicyclic) bond motifs is 1. The quantitative estimate of drug-likeness (QED) is 0.685. The number of imidazole rings is 1. The molecule has 0 radical (unpaired) electrons. The second-order valence-electron chi connectivity index (χ2n) is 4.41. The molecule has 0 fully saturated rings. The highest BCUT2D eigenvalue weighted by Gasteiger charge is 2.08. The Bertz CT molecular complexity index is 749. The second-order valence-corrected chi connectivity index (χ2v) is 4.41. The van der Waals surface area contributed by atoms with E-state index in [1.54, 1.807) is 18.2 Å². The lowest BCUT2D eigenvalue weighted by Gasteiger charge is -2.07. The average molecular weight is 283 g/mol. The molecule has 0 aliphatic rings. The van der Waals surface area contributed by atoms with E-state index in [4.69, 9.17) is 4.74 Å². The van der Waals surface area contributed by atoms with Crippen LogP contribution in [0.1, 0.15) is 0 Å². The summed E-state index contributed by atoms with van der Waals surface area (Å²) in [5.74, 6) is 0.255. The molecule has 0 atom stereocenters. The molecule has 0 saturated carbocycles. The number of amides is 1. The van der Waals surface area contributed by atoms with Gasteiger partial charge in [0, 0.05) is 0 Å². The molecule has 0 aliphatic carbocycles. The summed E-state index contributed by atoms with van der Waals surface area (Å²) in [6.45, 7) is -0.214. The van der Waals surface area contributed by atoms with Crippen molar-refractivity contribution in [2.45, 2.75) is 0 Å². The lowest BCUT2D eigenvalue weighted by Crippen LogP contribution is -2.20. The fourth-order valence-corrected chi connectivity index (χ4v) is 1.90. The summed E-state index contributed by atoms with van der Waals surface area (Å²) in [4.78, 5) is 19.0. The van der Waals surface area contributed by atoms with Crippen LogP contribution in [-0.2, 0) is 4.79 Å². The number of nitrogens with one attached hydrogen (secondary N) is 2. The van der Waals surface area contributed by atoms with Crippen LogP contribution in [0.3, 0.4) is 0 Å². The maximum Gasteiger partial charge on any atom is 0.264 e. The minimum absolute atomic E-state index is 0.00552. The van der Waals surface area contributed by atoms with Crippen molar-refractivity contribution in [3.63, 3.8) is 0 Å². The normalized spacial score (nSPS) is 10.5. The van der Waals surface area contributed by atoms with Crippen molar-refractivity contribution in [2.24, 2.45) is 0 Å². The van der Waals surface area contributed by atoms with Gasteiger partial charge in [-0.3, -0.25) is 10.1 Å². The number of rotatable bonds is 4. The van der Waals surface area contributed by atoms with Crippen molar-refractivity contribution in [1.29, 1.82) is 0 Å². The van der Waals surface area contributed by atoms with Gasteiger partial charge in [-0.25, -0.2) is 4.98 Å². The molecule has 1 amide bonds. The third-order valence-electron chi connectivity index (χ3n) is 2.87. The summed E-state index contributed by atoms with van der Waals surface area (Å²) in [5.41, 5.74) is 1.61. The highest BCUT2D eigenvalue weighted by atomic mass is 16.5. The predicted molar refractivity (Wildman–Crippen MR) is 78.3 cm³/mol. The van der Waals surface area contributed by atoms with Gasteiger partial charge in [-0.2, -0.15) is 0 Å². The Morgan fingerprint density at radius 2 is 1.95 bits per heavy atom. The van der Waals surface area contributed by atoms with Gasteiger partial charge in [-0.1, -0.05) is 24.3 Å². The van der Waals surface area contributed by atoms with Crippen LogP contribution in [0, 0.1) is 0 Å². The number of benzene rings is 2. The zero-order valence-corrected chi connectivity index (χ0v) is 11.0. The van der Waals surface area contributed by atoms with Gasteiger partial charge in [0.1, 0.15) is 0 Å². The van der Waals surface area contributed by atoms with Gasteiger partial charge < -0.3 is 14.8 Å². The molecule has 3 rings (SSSR count). The van der Waals surface area contributed by atoms with E-state index in [2.05, 4.69) is 15.3 Å². The van der Waals surface area contributed by atoms with E-state index in [0.717, 1.165) is 11.0 Å². The van der Waals surface area contributed by atoms with E-state index < -0.39 is 0 Å². The predicted octanol–water partition coefficient (Wildman–Crippen LogP) is 2.29. The Kier molecular flexibility index (Phi) is 3.42. The molecule has 0 bridgehead atoms. The van der Waals surface area contributed by atoms with Crippen LogP contribution in [0.4, 0.5) is 5.95 Å². The maximum absolute atomic E-state index is 11.8. The minimum Gasteiger partial charge on any atom is -0.504 e. The molecular formula is C15H13N3O3. The summed E-state index contributed by atoms with van der Waals surface area (Å²) >= 11 is 0. The van der Waals surface area contributed by atoms with E-state index in [-0.39, 0.29) is 24.0 Å². The number of phenolic OH excluding ortho intramolecular Hbond substituents is 1. The molecule has 6 heteroatoms. The highest BCUT2D eigenvalue weighted by Crippen LogP contribution is 2.24. The average Bonchev–Trinajstić information content (AvgIpc) is 2.88. The Morgan fingerprint density at radius 3 is 2.76 bits per heavy atom. The molecule has 1 aromatic heterocycles. The molecule has 1 heterocycles. The fourth-order valence-electron chi connectivity index (χ4n) is 1.90. The van der Waals surface area contributed by atoms with Crippen molar-refractivity contribution < 1.29 is 14.6 Å². The number of hydrogen-bond acceptors (Lipinski definition) is 4. The van der Waals surface area contributed by atoms with Gasteiger partial charge in [0.2, 0.25) is 5.95 Å². The van der Waals surface area contributed by atoms with Gasteiger partial charge in [0.25, 0.3) is 5.91 Å². The van der Waals surface area contributed by atoms with Gasteiger partial charge >= 0.3 is 0 Å². The van der Waals surface area contributed by atoms with Crippen LogP contribution in [-0.4, -0.2) is 27.6 Å². The molecule has 0 unspecified atom stereocenters. The topological polar surface area (TPSA) is 87.2 Å². The molecule has 0 saturated heterocycles. The Morgan fingerprint density at radius 1 is 1.19 bits per heavy atom. The summed E-state index contributed by atoms with van der Waals surface area (Å²) < 4.78 is 5.24. The van der Waals surface area contributed by atoms with Crippen LogP contribution < -0.4 is 10.1 Å². The highest BCUT2D eigenvalue weighted by molar-refractivity contribution is 5.92. The van der Waals surface area contributed by atoms with Crippen LogP contribution >= 0.6 is 0 Å². The van der Waals surface area contributed by atoms with Crippen molar-refractivity contribution in [1.82, 2.24) is 9.97 Å². The molecule has 106 valence electrons. The lowest BCUT2D eigenvalue weighted by molar-refractivity contribution is -0.118. The van der Waals surface area contributed by atoms with Gasteiger partial charge in [0.15, 0.2) is 18.1 Å². The zero-order valence-electron chi connectivity index (χ0n) is 11.0. The van der Waals surface area contributed by atoms with E-state index in [9.17, 15) is 9.90 Å². The van der Waals surface area contributed by atoms with Crippen molar-refractivity contribution in [2.75, 3.05) is 11.9 Å². The van der Waals surface area contributed by atoms with Crippen molar-refractivity contribution in [3.05, 3.63) is 48.5 Å². The molecule has 2 aromatic carbocycles. The first kappa shape index (κ1) is 13.0. The maximum atomic E-state index is 11.8. The van der Waals surface area contributed by atoms with Crippen molar-refractivity contribution in [3.8, 4) is 11.5 Å². The summed E-state index contributed by atoms with van der Waals surface area (Å²) in [7, 11) is 0. The molecule has 3 N–H and O–H groups in total. The number of phenols is 1. The number of para-hydroxylation sites is 4. The SMILES string of the molecule is O=C(COc1ccccc1O)Nc1nc2ccccc2[nH]1. The summed E-state index contributed by atoms with van der Waals surface area (Å²) in [5, 5.41) is 12.1. The number of hydrogen-bond donors (Lipinski definition) is 3. The number of aromatic amines is 1. The molecule has 3 aromatic rings. The number of aromatic nitrogens is 2. The first-order chi connectivity index (χ1) is 10.2. The van der Waals surface area contributed by atoms with Crippen LogP contribution in [0.5, 0.6) is 11.5 Å². The molecular weight excluding hydrogens is 270 g/mol. The number of H-pyrrole nitrogens is 1. The summed E-state index contributed by atoms with van der Waals surface area (Å²) in [6, 6.07) is 13.9. The monoisotopic (exact) mass is 283 g/mol. The summed E-state index contributed by atoms with van der Waals surface area (Å²) in [6.07, 6.45) is 0. The lowest BCUT2D eigenvalue weighted by atomic mass is 10.3. The number of ether oxygens (including phenoxy) is 1. The van der Waals surface area contributed by atoms with Crippen LogP contribution in [0.15, 0.2) is 48.5 Å². The Labute approximate surface area is 120 Å². The molecule has 21 heavy (non-hydrogen) atoms. The number of aromatic hydroxyl groups is 1. The number of nitrogens with zero attached hydrogens (tertiary/aromatic N) is 1. The standard InChI is InChI=1S/C15H13N3O3/c19-12-7-3-4-8-13(12)21-9-14(20)18-15-16-10-5-1-2-6-11(10)17-15/h1-8,19H,9H2,(H2,16,17,18,20). The van der Waals surface area contributed by atoms with E-state index in [1.165, 1.54) is 6.07 Å². The van der Waals surface area contributed by atoms with Gasteiger partial charge in [-0.15, -0.1) is 0 Å². The first-order valence-electron chi connectivity index (χ1n) is 6.38. The fraction of sp³-hybridized carbons (Fsp3) is 0.0667. The molecule has 0 aliphatic heterocycles. The Hall–Kier alpha value is -3.02. The van der Waals surface area contributed by atoms with Crippen LogP contribution in [0.2, 0.25) is 0 Å².